The van der Waals surface area contributed by atoms with Crippen molar-refractivity contribution in [2.24, 2.45) is 0 Å². The summed E-state index contributed by atoms with van der Waals surface area (Å²) in [4.78, 5) is 11.2. The maximum absolute atomic E-state index is 11.2. The fraction of sp³-hybridized carbons (Fsp3) is 0.364. The normalized spacial score (nSPS) is 14.6. The van der Waals surface area contributed by atoms with Gasteiger partial charge in [-0.25, -0.2) is 0 Å². The Balaban J connectivity index is 3.35. The molecule has 0 aromatic heterocycles. The predicted molar refractivity (Wildman–Crippen MR) is 63.8 cm³/mol. The molecule has 0 saturated heterocycles. The first-order valence-corrected chi connectivity index (χ1v) is 5.50. The second-order valence-corrected chi connectivity index (χ2v) is 4.64. The average Bonchev–Trinajstić information content (AvgIpc) is 2.20. The zero-order chi connectivity index (χ0) is 11.6. The summed E-state index contributed by atoms with van der Waals surface area (Å²) in [6, 6.07) is 5.29. The lowest BCUT2D eigenvalue weighted by Crippen LogP contribution is -2.32. The molecule has 15 heavy (non-hydrogen) atoms. The van der Waals surface area contributed by atoms with E-state index in [1.54, 1.807) is 25.1 Å². The highest BCUT2D eigenvalue weighted by atomic mass is 79.9. The largest absolute Gasteiger partial charge is 0.481 e. The molecular formula is C11H14BrNO2. The molecule has 0 amide bonds. The van der Waals surface area contributed by atoms with E-state index in [0.717, 1.165) is 4.47 Å². The van der Waals surface area contributed by atoms with Crippen molar-refractivity contribution in [3.05, 3.63) is 28.2 Å². The third-order valence-corrected chi connectivity index (χ3v) is 3.28. The molecule has 4 heteroatoms. The first-order valence-electron chi connectivity index (χ1n) is 4.70. The Morgan fingerprint density at radius 1 is 1.60 bits per heavy atom. The monoisotopic (exact) mass is 271 g/mol. The maximum atomic E-state index is 11.2. The molecule has 3 nitrogen and oxygen atoms in total. The van der Waals surface area contributed by atoms with Gasteiger partial charge in [0.25, 0.3) is 0 Å². The fourth-order valence-electron chi connectivity index (χ4n) is 1.46. The Bertz CT molecular complexity index is 392. The third-order valence-electron chi connectivity index (χ3n) is 2.79. The van der Waals surface area contributed by atoms with Crippen LogP contribution < -0.4 is 5.73 Å². The van der Waals surface area contributed by atoms with Gasteiger partial charge in [0.15, 0.2) is 0 Å². The van der Waals surface area contributed by atoms with Gasteiger partial charge in [0.2, 0.25) is 0 Å². The molecule has 0 fully saturated rings. The summed E-state index contributed by atoms with van der Waals surface area (Å²) in [5.41, 5.74) is 6.06. The minimum absolute atomic E-state index is 0.503. The Kier molecular flexibility index (Phi) is 3.39. The van der Waals surface area contributed by atoms with Gasteiger partial charge in [-0.3, -0.25) is 4.79 Å². The summed E-state index contributed by atoms with van der Waals surface area (Å²) < 4.78 is 0.840. The molecule has 0 saturated carbocycles. The molecule has 0 aliphatic heterocycles. The predicted octanol–water partition coefficient (Wildman–Crippen LogP) is 2.78. The number of rotatable bonds is 3. The molecule has 1 aromatic rings. The minimum atomic E-state index is -0.923. The molecule has 0 bridgehead atoms. The lowest BCUT2D eigenvalue weighted by molar-refractivity contribution is -0.143. The Morgan fingerprint density at radius 3 is 2.67 bits per heavy atom. The number of nitrogens with two attached hydrogens (primary N) is 1. The van der Waals surface area contributed by atoms with E-state index in [9.17, 15) is 9.90 Å². The highest BCUT2D eigenvalue weighted by Crippen LogP contribution is 2.33. The molecule has 0 spiro atoms. The molecule has 3 N–H and O–H groups in total. The molecule has 82 valence electrons. The van der Waals surface area contributed by atoms with E-state index in [0.29, 0.717) is 17.7 Å². The number of carbonyl (C=O) groups is 1. The molecule has 1 unspecified atom stereocenters. The summed E-state index contributed by atoms with van der Waals surface area (Å²) in [5, 5.41) is 9.23. The first-order chi connectivity index (χ1) is 6.91. The van der Waals surface area contributed by atoms with Crippen LogP contribution in [-0.4, -0.2) is 11.1 Å². The van der Waals surface area contributed by atoms with E-state index < -0.39 is 11.4 Å². The number of carboxylic acids is 1. The number of halogens is 1. The van der Waals surface area contributed by atoms with Crippen LogP contribution in [0.2, 0.25) is 0 Å². The summed E-state index contributed by atoms with van der Waals surface area (Å²) in [6.45, 7) is 3.53. The fourth-order valence-corrected chi connectivity index (χ4v) is 1.82. The van der Waals surface area contributed by atoms with E-state index in [1.165, 1.54) is 0 Å². The molecule has 1 aromatic carbocycles. The van der Waals surface area contributed by atoms with Gasteiger partial charge in [-0.2, -0.15) is 0 Å². The summed E-state index contributed by atoms with van der Waals surface area (Å²) >= 11 is 3.32. The number of benzene rings is 1. The zero-order valence-corrected chi connectivity index (χ0v) is 10.3. The molecule has 0 aliphatic rings. The van der Waals surface area contributed by atoms with Crippen LogP contribution in [0.3, 0.4) is 0 Å². The van der Waals surface area contributed by atoms with Crippen LogP contribution in [0.1, 0.15) is 25.8 Å². The Morgan fingerprint density at radius 2 is 2.20 bits per heavy atom. The highest BCUT2D eigenvalue weighted by Gasteiger charge is 2.34. The van der Waals surface area contributed by atoms with Crippen molar-refractivity contribution in [2.45, 2.75) is 25.7 Å². The maximum Gasteiger partial charge on any atom is 0.313 e. The van der Waals surface area contributed by atoms with Gasteiger partial charge in [0, 0.05) is 10.2 Å². The highest BCUT2D eigenvalue weighted by molar-refractivity contribution is 9.10. The van der Waals surface area contributed by atoms with Gasteiger partial charge in [0.05, 0.1) is 5.41 Å². The SMILES string of the molecule is CCC(C)(C(=O)O)c1cc(Br)ccc1N. The van der Waals surface area contributed by atoms with Crippen LogP contribution in [-0.2, 0) is 10.2 Å². The topological polar surface area (TPSA) is 63.3 Å². The van der Waals surface area contributed by atoms with E-state index in [2.05, 4.69) is 15.9 Å². The average molecular weight is 272 g/mol. The quantitative estimate of drug-likeness (QED) is 0.831. The van der Waals surface area contributed by atoms with Crippen LogP contribution in [0, 0.1) is 0 Å². The standard InChI is InChI=1S/C11H14BrNO2/c1-3-11(2,10(14)15)8-6-7(12)4-5-9(8)13/h4-6H,3,13H2,1-2H3,(H,14,15). The van der Waals surface area contributed by atoms with Crippen LogP contribution >= 0.6 is 15.9 Å². The van der Waals surface area contributed by atoms with E-state index >= 15 is 0 Å². The number of hydrogen-bond acceptors (Lipinski definition) is 2. The van der Waals surface area contributed by atoms with Crippen LogP contribution in [0.4, 0.5) is 5.69 Å². The summed E-state index contributed by atoms with van der Waals surface area (Å²) in [7, 11) is 0. The first kappa shape index (κ1) is 12.0. The second-order valence-electron chi connectivity index (χ2n) is 3.72. The Labute approximate surface area is 97.4 Å². The van der Waals surface area contributed by atoms with Gasteiger partial charge in [0.1, 0.15) is 0 Å². The van der Waals surface area contributed by atoms with Crippen LogP contribution in [0.5, 0.6) is 0 Å². The molecule has 0 heterocycles. The van der Waals surface area contributed by atoms with Crippen molar-refractivity contribution in [2.75, 3.05) is 5.73 Å². The molecule has 1 rings (SSSR count). The van der Waals surface area contributed by atoms with Gasteiger partial charge < -0.3 is 10.8 Å². The number of carboxylic acid groups (broad SMARTS) is 1. The smallest absolute Gasteiger partial charge is 0.313 e. The van der Waals surface area contributed by atoms with Crippen molar-refractivity contribution in [3.63, 3.8) is 0 Å². The van der Waals surface area contributed by atoms with Crippen LogP contribution in [0.25, 0.3) is 0 Å². The van der Waals surface area contributed by atoms with Crippen molar-refractivity contribution in [1.29, 1.82) is 0 Å². The second kappa shape index (κ2) is 4.23. The van der Waals surface area contributed by atoms with Gasteiger partial charge >= 0.3 is 5.97 Å². The lowest BCUT2D eigenvalue weighted by atomic mass is 9.79. The van der Waals surface area contributed by atoms with Crippen molar-refractivity contribution < 1.29 is 9.90 Å². The van der Waals surface area contributed by atoms with Crippen molar-refractivity contribution in [3.8, 4) is 0 Å². The van der Waals surface area contributed by atoms with Gasteiger partial charge in [-0.05, 0) is 37.1 Å². The van der Waals surface area contributed by atoms with E-state index in [-0.39, 0.29) is 0 Å². The molecule has 1 atom stereocenters. The van der Waals surface area contributed by atoms with Crippen molar-refractivity contribution in [1.82, 2.24) is 0 Å². The number of anilines is 1. The van der Waals surface area contributed by atoms with Gasteiger partial charge in [-0.15, -0.1) is 0 Å². The Hall–Kier alpha value is -1.03. The molecule has 0 aliphatic carbocycles. The van der Waals surface area contributed by atoms with Crippen molar-refractivity contribution >= 4 is 27.6 Å². The number of hydrogen-bond donors (Lipinski definition) is 2. The number of nitrogen functional groups attached to an aromatic ring is 1. The van der Waals surface area contributed by atoms with Gasteiger partial charge in [-0.1, -0.05) is 22.9 Å². The molecular weight excluding hydrogens is 258 g/mol. The minimum Gasteiger partial charge on any atom is -0.481 e. The summed E-state index contributed by atoms with van der Waals surface area (Å²) in [6.07, 6.45) is 0.503. The number of aliphatic carboxylic acids is 1. The van der Waals surface area contributed by atoms with Crippen LogP contribution in [0.15, 0.2) is 22.7 Å². The third kappa shape index (κ3) is 2.15. The lowest BCUT2D eigenvalue weighted by Gasteiger charge is -2.25. The van der Waals surface area contributed by atoms with E-state index in [1.807, 2.05) is 6.92 Å². The van der Waals surface area contributed by atoms with E-state index in [4.69, 9.17) is 5.73 Å². The summed E-state index contributed by atoms with van der Waals surface area (Å²) in [5.74, 6) is -0.852. The zero-order valence-electron chi connectivity index (χ0n) is 8.75. The molecule has 0 radical (unpaired) electrons.